The third kappa shape index (κ3) is 3.04. The zero-order valence-corrected chi connectivity index (χ0v) is 10.2. The molecule has 3 nitrogen and oxygen atoms in total. The van der Waals surface area contributed by atoms with Crippen molar-refractivity contribution in [3.05, 3.63) is 22.7 Å². The van der Waals surface area contributed by atoms with Gasteiger partial charge in [-0.2, -0.15) is 5.26 Å². The maximum Gasteiger partial charge on any atom is 0.179 e. The number of unbranched alkanes of at least 4 members (excludes halogenated alkanes) is 1. The van der Waals surface area contributed by atoms with Crippen molar-refractivity contribution in [1.82, 2.24) is 0 Å². The maximum absolute atomic E-state index is 8.78. The first-order valence-corrected chi connectivity index (χ1v) is 5.51. The van der Waals surface area contributed by atoms with Gasteiger partial charge >= 0.3 is 0 Å². The molecule has 86 valence electrons. The lowest BCUT2D eigenvalue weighted by atomic mass is 10.2. The molecule has 0 fully saturated rings. The van der Waals surface area contributed by atoms with Crippen LogP contribution in [0, 0.1) is 11.3 Å². The molecule has 0 atom stereocenters. The molecule has 0 aromatic heterocycles. The van der Waals surface area contributed by atoms with Gasteiger partial charge in [-0.1, -0.05) is 24.9 Å². The fourth-order valence-corrected chi connectivity index (χ4v) is 1.51. The van der Waals surface area contributed by atoms with E-state index in [1.807, 2.05) is 6.07 Å². The quantitative estimate of drug-likeness (QED) is 0.740. The van der Waals surface area contributed by atoms with Gasteiger partial charge in [0.05, 0.1) is 30.4 Å². The number of nitriles is 1. The Morgan fingerprint density at radius 3 is 2.75 bits per heavy atom. The summed E-state index contributed by atoms with van der Waals surface area (Å²) >= 11 is 6.01. The lowest BCUT2D eigenvalue weighted by Gasteiger charge is -2.12. The van der Waals surface area contributed by atoms with Gasteiger partial charge in [-0.3, -0.25) is 0 Å². The molecule has 0 amide bonds. The molecular weight excluding hydrogens is 226 g/mol. The van der Waals surface area contributed by atoms with Crippen molar-refractivity contribution in [2.75, 3.05) is 13.7 Å². The summed E-state index contributed by atoms with van der Waals surface area (Å²) in [5, 5.41) is 9.19. The van der Waals surface area contributed by atoms with Gasteiger partial charge in [-0.25, -0.2) is 0 Å². The number of hydrogen-bond acceptors (Lipinski definition) is 3. The second-order valence-corrected chi connectivity index (χ2v) is 3.71. The minimum atomic E-state index is 0.409. The largest absolute Gasteiger partial charge is 0.493 e. The Morgan fingerprint density at radius 1 is 1.44 bits per heavy atom. The van der Waals surface area contributed by atoms with Crippen LogP contribution in [0.3, 0.4) is 0 Å². The van der Waals surface area contributed by atoms with Gasteiger partial charge in [0, 0.05) is 6.07 Å². The Bertz CT molecular complexity index is 399. The molecule has 4 heteroatoms. The molecule has 0 aliphatic carbocycles. The first-order chi connectivity index (χ1) is 7.72. The Morgan fingerprint density at radius 2 is 2.19 bits per heavy atom. The second-order valence-electron chi connectivity index (χ2n) is 3.30. The van der Waals surface area contributed by atoms with E-state index >= 15 is 0 Å². The van der Waals surface area contributed by atoms with E-state index in [1.54, 1.807) is 12.1 Å². The minimum absolute atomic E-state index is 0.409. The average Bonchev–Trinajstić information content (AvgIpc) is 2.30. The Balaban J connectivity index is 2.94. The summed E-state index contributed by atoms with van der Waals surface area (Å²) in [5.41, 5.74) is 0.463. The summed E-state index contributed by atoms with van der Waals surface area (Å²) in [6.45, 7) is 2.68. The van der Waals surface area contributed by atoms with Gasteiger partial charge < -0.3 is 9.47 Å². The number of methoxy groups -OCH3 is 1. The van der Waals surface area contributed by atoms with Crippen molar-refractivity contribution in [1.29, 1.82) is 5.26 Å². The van der Waals surface area contributed by atoms with Crippen LogP contribution in [-0.2, 0) is 0 Å². The van der Waals surface area contributed by atoms with E-state index in [4.69, 9.17) is 26.3 Å². The van der Waals surface area contributed by atoms with E-state index in [0.29, 0.717) is 28.7 Å². The van der Waals surface area contributed by atoms with Crippen LogP contribution in [-0.4, -0.2) is 13.7 Å². The second kappa shape index (κ2) is 6.24. The van der Waals surface area contributed by atoms with E-state index in [0.717, 1.165) is 12.8 Å². The van der Waals surface area contributed by atoms with E-state index in [1.165, 1.54) is 7.11 Å². The lowest BCUT2D eigenvalue weighted by molar-refractivity contribution is 0.288. The van der Waals surface area contributed by atoms with Crippen molar-refractivity contribution >= 4 is 11.6 Å². The SMILES string of the molecule is CCCCOc1c(Cl)cc(C#N)cc1OC. The third-order valence-electron chi connectivity index (χ3n) is 2.10. The standard InChI is InChI=1S/C12H14ClNO2/c1-3-4-5-16-12-10(13)6-9(8-14)7-11(12)15-2/h6-7H,3-5H2,1-2H3. The summed E-state index contributed by atoms with van der Waals surface area (Å²) < 4.78 is 10.7. The maximum atomic E-state index is 8.78. The predicted molar refractivity (Wildman–Crippen MR) is 63.1 cm³/mol. The molecule has 0 unspecified atom stereocenters. The van der Waals surface area contributed by atoms with Gasteiger partial charge in [0.15, 0.2) is 11.5 Å². The van der Waals surface area contributed by atoms with Crippen LogP contribution < -0.4 is 9.47 Å². The lowest BCUT2D eigenvalue weighted by Crippen LogP contribution is -2.00. The van der Waals surface area contributed by atoms with Gasteiger partial charge in [0.25, 0.3) is 0 Å². The molecule has 1 aromatic rings. The predicted octanol–water partition coefficient (Wildman–Crippen LogP) is 3.40. The minimum Gasteiger partial charge on any atom is -0.493 e. The highest BCUT2D eigenvalue weighted by molar-refractivity contribution is 6.32. The van der Waals surface area contributed by atoms with Crippen molar-refractivity contribution in [2.45, 2.75) is 19.8 Å². The topological polar surface area (TPSA) is 42.2 Å². The summed E-state index contributed by atoms with van der Waals surface area (Å²) in [6.07, 6.45) is 2.01. The van der Waals surface area contributed by atoms with Crippen LogP contribution in [0.2, 0.25) is 5.02 Å². The first-order valence-electron chi connectivity index (χ1n) is 5.13. The zero-order chi connectivity index (χ0) is 12.0. The Labute approximate surface area is 101 Å². The molecular formula is C12H14ClNO2. The molecule has 1 rings (SSSR count). The molecule has 0 saturated carbocycles. The number of nitrogens with zero attached hydrogens (tertiary/aromatic N) is 1. The Kier molecular flexibility index (Phi) is 4.94. The summed E-state index contributed by atoms with van der Waals surface area (Å²) in [5.74, 6) is 1.01. The monoisotopic (exact) mass is 239 g/mol. The molecule has 0 bridgehead atoms. The molecule has 0 aliphatic heterocycles. The van der Waals surface area contributed by atoms with E-state index in [2.05, 4.69) is 6.92 Å². The van der Waals surface area contributed by atoms with Crippen molar-refractivity contribution in [2.24, 2.45) is 0 Å². The van der Waals surface area contributed by atoms with Crippen LogP contribution in [0.15, 0.2) is 12.1 Å². The zero-order valence-electron chi connectivity index (χ0n) is 9.42. The summed E-state index contributed by atoms with van der Waals surface area (Å²) in [4.78, 5) is 0. The molecule has 1 aromatic carbocycles. The highest BCUT2D eigenvalue weighted by Crippen LogP contribution is 2.36. The van der Waals surface area contributed by atoms with Gasteiger partial charge in [0.1, 0.15) is 0 Å². The fourth-order valence-electron chi connectivity index (χ4n) is 1.24. The number of benzene rings is 1. The van der Waals surface area contributed by atoms with Gasteiger partial charge in [0.2, 0.25) is 0 Å². The average molecular weight is 240 g/mol. The first kappa shape index (κ1) is 12.7. The van der Waals surface area contributed by atoms with Gasteiger partial charge in [-0.15, -0.1) is 0 Å². The highest BCUT2D eigenvalue weighted by atomic mass is 35.5. The number of halogens is 1. The Hall–Kier alpha value is -1.40. The van der Waals surface area contributed by atoms with Crippen molar-refractivity contribution < 1.29 is 9.47 Å². The van der Waals surface area contributed by atoms with Crippen LogP contribution in [0.5, 0.6) is 11.5 Å². The molecule has 0 spiro atoms. The molecule has 0 N–H and O–H groups in total. The molecule has 0 radical (unpaired) electrons. The van der Waals surface area contributed by atoms with E-state index < -0.39 is 0 Å². The number of rotatable bonds is 5. The molecule has 16 heavy (non-hydrogen) atoms. The van der Waals surface area contributed by atoms with E-state index in [9.17, 15) is 0 Å². The molecule has 0 heterocycles. The molecule has 0 saturated heterocycles. The number of hydrogen-bond donors (Lipinski definition) is 0. The third-order valence-corrected chi connectivity index (χ3v) is 2.38. The van der Waals surface area contributed by atoms with Crippen LogP contribution in [0.4, 0.5) is 0 Å². The van der Waals surface area contributed by atoms with Crippen LogP contribution in [0.25, 0.3) is 0 Å². The van der Waals surface area contributed by atoms with E-state index in [-0.39, 0.29) is 0 Å². The summed E-state index contributed by atoms with van der Waals surface area (Å²) in [6, 6.07) is 5.21. The smallest absolute Gasteiger partial charge is 0.179 e. The van der Waals surface area contributed by atoms with Gasteiger partial charge in [-0.05, 0) is 12.5 Å². The summed E-state index contributed by atoms with van der Waals surface area (Å²) in [7, 11) is 1.53. The number of ether oxygens (including phenoxy) is 2. The molecule has 0 aliphatic rings. The van der Waals surface area contributed by atoms with Crippen LogP contribution >= 0.6 is 11.6 Å². The van der Waals surface area contributed by atoms with Crippen molar-refractivity contribution in [3.8, 4) is 17.6 Å². The highest BCUT2D eigenvalue weighted by Gasteiger charge is 2.11. The van der Waals surface area contributed by atoms with Crippen LogP contribution in [0.1, 0.15) is 25.3 Å². The fraction of sp³-hybridized carbons (Fsp3) is 0.417. The van der Waals surface area contributed by atoms with Crippen molar-refractivity contribution in [3.63, 3.8) is 0 Å². The normalized spacial score (nSPS) is 9.62.